The van der Waals surface area contributed by atoms with Crippen LogP contribution in [0.5, 0.6) is 0 Å². The fourth-order valence-corrected chi connectivity index (χ4v) is 5.20. The summed E-state index contributed by atoms with van der Waals surface area (Å²) in [6.07, 6.45) is 6.10. The molecule has 1 N–H and O–H groups in total. The number of imide groups is 1. The molecule has 3 aliphatic rings. The molecule has 174 valence electrons. The number of piperidine rings is 1. The van der Waals surface area contributed by atoms with E-state index in [1.54, 1.807) is 25.1 Å². The molecular formula is C23H30Cl2N4O3. The second-order valence-electron chi connectivity index (χ2n) is 9.19. The van der Waals surface area contributed by atoms with Gasteiger partial charge in [0.1, 0.15) is 5.54 Å². The summed E-state index contributed by atoms with van der Waals surface area (Å²) in [6, 6.07) is 4.52. The highest BCUT2D eigenvalue weighted by Crippen LogP contribution is 2.33. The molecule has 9 heteroatoms. The topological polar surface area (TPSA) is 73.0 Å². The first-order valence-corrected chi connectivity index (χ1v) is 12.2. The number of rotatable bonds is 4. The first-order chi connectivity index (χ1) is 15.3. The summed E-state index contributed by atoms with van der Waals surface area (Å²) in [5.74, 6) is -0.00804. The highest BCUT2D eigenvalue weighted by Gasteiger charge is 2.49. The highest BCUT2D eigenvalue weighted by atomic mass is 35.5. The van der Waals surface area contributed by atoms with Crippen molar-refractivity contribution in [3.05, 3.63) is 33.8 Å². The molecule has 0 saturated carbocycles. The van der Waals surface area contributed by atoms with Crippen LogP contribution in [0.4, 0.5) is 4.79 Å². The summed E-state index contributed by atoms with van der Waals surface area (Å²) in [4.78, 5) is 44.1. The van der Waals surface area contributed by atoms with E-state index in [1.165, 1.54) is 17.7 Å². The first-order valence-electron chi connectivity index (χ1n) is 11.4. The van der Waals surface area contributed by atoms with Gasteiger partial charge in [0.15, 0.2) is 0 Å². The summed E-state index contributed by atoms with van der Waals surface area (Å²) >= 11 is 12.1. The van der Waals surface area contributed by atoms with Crippen molar-refractivity contribution in [2.24, 2.45) is 5.92 Å². The van der Waals surface area contributed by atoms with Crippen LogP contribution < -0.4 is 5.32 Å². The van der Waals surface area contributed by atoms with Crippen LogP contribution in [0.15, 0.2) is 18.2 Å². The monoisotopic (exact) mass is 480 g/mol. The molecule has 1 aromatic carbocycles. The van der Waals surface area contributed by atoms with Crippen LogP contribution >= 0.6 is 23.2 Å². The maximum absolute atomic E-state index is 13.2. The van der Waals surface area contributed by atoms with E-state index in [0.29, 0.717) is 28.7 Å². The number of amides is 4. The SMILES string of the molecule is C[C@@]1(c2ccc(Cl)c(Cl)c2)NC(=O)N(CN2CCC(C(=O)N3CCCCCC3)CC2)C1=O. The highest BCUT2D eigenvalue weighted by molar-refractivity contribution is 6.42. The van der Waals surface area contributed by atoms with Crippen molar-refractivity contribution >= 4 is 41.0 Å². The van der Waals surface area contributed by atoms with Crippen LogP contribution in [0, 0.1) is 5.92 Å². The molecule has 7 nitrogen and oxygen atoms in total. The van der Waals surface area contributed by atoms with Gasteiger partial charge in [-0.1, -0.05) is 42.1 Å². The number of likely N-dealkylation sites (tertiary alicyclic amines) is 2. The fourth-order valence-electron chi connectivity index (χ4n) is 4.90. The van der Waals surface area contributed by atoms with Gasteiger partial charge in [-0.05, 0) is 50.3 Å². The lowest BCUT2D eigenvalue weighted by atomic mass is 9.92. The van der Waals surface area contributed by atoms with Gasteiger partial charge in [0.25, 0.3) is 5.91 Å². The lowest BCUT2D eigenvalue weighted by Gasteiger charge is -2.35. The molecule has 0 aromatic heterocycles. The van der Waals surface area contributed by atoms with Crippen LogP contribution in [0.1, 0.15) is 51.0 Å². The van der Waals surface area contributed by atoms with Gasteiger partial charge in [-0.3, -0.25) is 14.5 Å². The molecule has 4 amide bonds. The first kappa shape index (κ1) is 23.3. The maximum atomic E-state index is 13.2. The molecule has 0 spiro atoms. The van der Waals surface area contributed by atoms with E-state index in [-0.39, 0.29) is 24.4 Å². The summed E-state index contributed by atoms with van der Waals surface area (Å²) in [7, 11) is 0. The Morgan fingerprint density at radius 2 is 1.69 bits per heavy atom. The Kier molecular flexibility index (Phi) is 6.98. The third kappa shape index (κ3) is 4.61. The second kappa shape index (κ2) is 9.57. The third-order valence-electron chi connectivity index (χ3n) is 6.97. The Bertz CT molecular complexity index is 895. The van der Waals surface area contributed by atoms with Crippen molar-refractivity contribution in [3.8, 4) is 0 Å². The van der Waals surface area contributed by atoms with E-state index < -0.39 is 11.6 Å². The van der Waals surface area contributed by atoms with Crippen molar-refractivity contribution in [2.75, 3.05) is 32.8 Å². The number of hydrogen-bond donors (Lipinski definition) is 1. The number of nitrogens with one attached hydrogen (secondary N) is 1. The van der Waals surface area contributed by atoms with E-state index in [9.17, 15) is 14.4 Å². The molecule has 0 unspecified atom stereocenters. The normalized spacial score (nSPS) is 25.7. The molecule has 3 aliphatic heterocycles. The summed E-state index contributed by atoms with van der Waals surface area (Å²) in [5, 5.41) is 3.54. The molecule has 3 heterocycles. The third-order valence-corrected chi connectivity index (χ3v) is 7.71. The number of carbonyl (C=O) groups is 3. The Balaban J connectivity index is 1.35. The molecule has 32 heavy (non-hydrogen) atoms. The number of carbonyl (C=O) groups excluding carboxylic acids is 3. The molecule has 4 rings (SSSR count). The van der Waals surface area contributed by atoms with Crippen molar-refractivity contribution in [2.45, 2.75) is 51.0 Å². The average molecular weight is 481 g/mol. The Labute approximate surface area is 199 Å². The summed E-state index contributed by atoms with van der Waals surface area (Å²) in [6.45, 7) is 5.00. The van der Waals surface area contributed by atoms with Gasteiger partial charge in [0, 0.05) is 32.1 Å². The molecule has 1 atom stereocenters. The predicted molar refractivity (Wildman–Crippen MR) is 123 cm³/mol. The minimum absolute atomic E-state index is 0.0360. The van der Waals surface area contributed by atoms with Gasteiger partial charge in [-0.2, -0.15) is 0 Å². The zero-order valence-corrected chi connectivity index (χ0v) is 19.9. The lowest BCUT2D eigenvalue weighted by Crippen LogP contribution is -2.48. The summed E-state index contributed by atoms with van der Waals surface area (Å²) in [5.41, 5.74) is -0.596. The van der Waals surface area contributed by atoms with Gasteiger partial charge in [0.2, 0.25) is 5.91 Å². The van der Waals surface area contributed by atoms with E-state index in [0.717, 1.165) is 38.8 Å². The van der Waals surface area contributed by atoms with Crippen molar-refractivity contribution < 1.29 is 14.4 Å². The van der Waals surface area contributed by atoms with E-state index in [4.69, 9.17) is 23.2 Å². The molecular weight excluding hydrogens is 451 g/mol. The Hall–Kier alpha value is -1.83. The van der Waals surface area contributed by atoms with Crippen LogP contribution in [0.2, 0.25) is 10.0 Å². The minimum atomic E-state index is -1.19. The molecule has 0 bridgehead atoms. The maximum Gasteiger partial charge on any atom is 0.326 e. The zero-order valence-electron chi connectivity index (χ0n) is 18.4. The number of halogens is 2. The molecule has 0 aliphatic carbocycles. The van der Waals surface area contributed by atoms with Crippen LogP contribution in [-0.2, 0) is 15.1 Å². The molecule has 3 saturated heterocycles. The van der Waals surface area contributed by atoms with Gasteiger partial charge in [0.05, 0.1) is 16.7 Å². The number of hydrogen-bond acceptors (Lipinski definition) is 4. The van der Waals surface area contributed by atoms with Gasteiger partial charge in [-0.25, -0.2) is 9.69 Å². The van der Waals surface area contributed by atoms with E-state index >= 15 is 0 Å². The molecule has 3 fully saturated rings. The van der Waals surface area contributed by atoms with Crippen molar-refractivity contribution in [1.82, 2.24) is 20.0 Å². The largest absolute Gasteiger partial charge is 0.342 e. The zero-order chi connectivity index (χ0) is 22.9. The van der Waals surface area contributed by atoms with E-state index in [2.05, 4.69) is 10.2 Å². The van der Waals surface area contributed by atoms with Crippen LogP contribution in [0.25, 0.3) is 0 Å². The second-order valence-corrected chi connectivity index (χ2v) is 10.0. The molecule has 0 radical (unpaired) electrons. The van der Waals surface area contributed by atoms with E-state index in [1.807, 2.05) is 4.90 Å². The predicted octanol–water partition coefficient (Wildman–Crippen LogP) is 3.83. The lowest BCUT2D eigenvalue weighted by molar-refractivity contribution is -0.138. The van der Waals surface area contributed by atoms with Gasteiger partial charge < -0.3 is 10.2 Å². The minimum Gasteiger partial charge on any atom is -0.342 e. The van der Waals surface area contributed by atoms with Crippen molar-refractivity contribution in [3.63, 3.8) is 0 Å². The summed E-state index contributed by atoms with van der Waals surface area (Å²) < 4.78 is 0. The fraction of sp³-hybridized carbons (Fsp3) is 0.609. The smallest absolute Gasteiger partial charge is 0.326 e. The quantitative estimate of drug-likeness (QED) is 0.664. The average Bonchev–Trinajstić information content (AvgIpc) is 2.98. The Morgan fingerprint density at radius 1 is 1.03 bits per heavy atom. The number of urea groups is 1. The number of nitrogens with zero attached hydrogens (tertiary/aromatic N) is 3. The van der Waals surface area contributed by atoms with Gasteiger partial charge in [-0.15, -0.1) is 0 Å². The van der Waals surface area contributed by atoms with Gasteiger partial charge >= 0.3 is 6.03 Å². The van der Waals surface area contributed by atoms with Crippen LogP contribution in [0.3, 0.4) is 0 Å². The number of benzene rings is 1. The molecule has 1 aromatic rings. The van der Waals surface area contributed by atoms with Crippen LogP contribution in [-0.4, -0.2) is 65.4 Å². The Morgan fingerprint density at radius 3 is 2.31 bits per heavy atom. The van der Waals surface area contributed by atoms with Crippen molar-refractivity contribution in [1.29, 1.82) is 0 Å². The standard InChI is InChI=1S/C23H30Cl2N4O3/c1-23(17-6-7-18(24)19(25)14-17)21(31)29(22(32)26-23)15-27-12-8-16(9-13-27)20(30)28-10-4-2-3-5-11-28/h6-7,14,16H,2-5,8-13,15H2,1H3,(H,26,32)/t23-/m0/s1.